The molecule has 0 aromatic rings. The van der Waals surface area contributed by atoms with Crippen LogP contribution in [0.25, 0.3) is 0 Å². The largest absolute Gasteiger partial charge is 0.394 e. The first-order valence-corrected chi connectivity index (χ1v) is 13.2. The Kier molecular flexibility index (Phi) is 27.9. The van der Waals surface area contributed by atoms with E-state index in [0.717, 1.165) is 24.1 Å². The van der Waals surface area contributed by atoms with Gasteiger partial charge in [-0.15, -0.1) is 0 Å². The van der Waals surface area contributed by atoms with Gasteiger partial charge in [-0.05, 0) is 31.1 Å². The Hall–Kier alpha value is -0.190. The zero-order chi connectivity index (χ0) is 24.2. The molecule has 0 radical (unpaired) electrons. The van der Waals surface area contributed by atoms with E-state index in [9.17, 15) is 5.11 Å². The van der Waals surface area contributed by atoms with Crippen LogP contribution >= 0.6 is 12.2 Å². The summed E-state index contributed by atoms with van der Waals surface area (Å²) in [5, 5.41) is 18.5. The van der Waals surface area contributed by atoms with Gasteiger partial charge in [-0.2, -0.15) is 0 Å². The van der Waals surface area contributed by atoms with Gasteiger partial charge in [0.05, 0.1) is 78.8 Å². The average molecular weight is 495 g/mol. The van der Waals surface area contributed by atoms with Crippen LogP contribution in [0.1, 0.15) is 77.6 Å². The van der Waals surface area contributed by atoms with Crippen molar-refractivity contribution in [3.63, 3.8) is 0 Å². The first-order chi connectivity index (χ1) is 16.2. The molecule has 0 aliphatic heterocycles. The van der Waals surface area contributed by atoms with E-state index in [-0.39, 0.29) is 12.7 Å². The molecule has 0 bridgehead atoms. The molecule has 1 atom stereocenters. The summed E-state index contributed by atoms with van der Waals surface area (Å²) in [6.45, 7) is 6.80. The molecular formula is C25H50O7S. The maximum Gasteiger partial charge on any atom is 0.0773 e. The molecule has 8 heteroatoms. The number of ether oxygens (including phenoxy) is 5. The second kappa shape index (κ2) is 28.1. The van der Waals surface area contributed by atoms with E-state index in [1.165, 1.54) is 51.4 Å². The minimum absolute atomic E-state index is 0.0333. The van der Waals surface area contributed by atoms with Crippen molar-refractivity contribution in [2.75, 3.05) is 72.7 Å². The Morgan fingerprint density at radius 3 is 1.45 bits per heavy atom. The smallest absolute Gasteiger partial charge is 0.0773 e. The third-order valence-electron chi connectivity index (χ3n) is 5.10. The Morgan fingerprint density at radius 1 is 0.606 bits per heavy atom. The highest BCUT2D eigenvalue weighted by Crippen LogP contribution is 2.12. The lowest BCUT2D eigenvalue weighted by atomic mass is 10.0. The molecule has 7 nitrogen and oxygen atoms in total. The number of rotatable bonds is 28. The van der Waals surface area contributed by atoms with Crippen LogP contribution in [0.3, 0.4) is 0 Å². The summed E-state index contributed by atoms with van der Waals surface area (Å²) in [5.41, 5.74) is 0. The molecule has 0 aliphatic rings. The van der Waals surface area contributed by atoms with Crippen molar-refractivity contribution in [1.29, 1.82) is 0 Å². The highest BCUT2D eigenvalue weighted by atomic mass is 32.1. The minimum Gasteiger partial charge on any atom is -0.394 e. The van der Waals surface area contributed by atoms with E-state index >= 15 is 0 Å². The van der Waals surface area contributed by atoms with Crippen molar-refractivity contribution >= 4 is 17.1 Å². The summed E-state index contributed by atoms with van der Waals surface area (Å²) in [5.74, 6) is 0. The van der Waals surface area contributed by atoms with Gasteiger partial charge in [0.1, 0.15) is 0 Å². The van der Waals surface area contributed by atoms with Gasteiger partial charge in [-0.1, -0.05) is 63.6 Å². The standard InChI is InChI=1S/C25H50O7S/c1-24(33)11-9-7-5-3-2-4-6-8-10-12-25(27)23-32-22-21-31-20-19-30-18-17-29-16-15-28-14-13-26/h25-27H,2-23H2,1H3. The van der Waals surface area contributed by atoms with Crippen molar-refractivity contribution in [2.24, 2.45) is 0 Å². The number of aliphatic hydroxyl groups excluding tert-OH is 2. The van der Waals surface area contributed by atoms with Gasteiger partial charge in [-0.3, -0.25) is 0 Å². The first-order valence-electron chi connectivity index (χ1n) is 12.8. The summed E-state index contributed by atoms with van der Waals surface area (Å²) < 4.78 is 26.7. The highest BCUT2D eigenvalue weighted by Gasteiger charge is 2.04. The van der Waals surface area contributed by atoms with Gasteiger partial charge in [0.15, 0.2) is 0 Å². The predicted octanol–water partition coefficient (Wildman–Crippen LogP) is 4.10. The zero-order valence-electron chi connectivity index (χ0n) is 21.0. The quantitative estimate of drug-likeness (QED) is 0.124. The third-order valence-corrected chi connectivity index (χ3v) is 5.30. The van der Waals surface area contributed by atoms with Crippen LogP contribution in [0.4, 0.5) is 0 Å². The summed E-state index contributed by atoms with van der Waals surface area (Å²) >= 11 is 5.10. The molecule has 198 valence electrons. The molecule has 0 fully saturated rings. The third kappa shape index (κ3) is 29.8. The maximum absolute atomic E-state index is 9.99. The molecule has 33 heavy (non-hydrogen) atoms. The van der Waals surface area contributed by atoms with Gasteiger partial charge >= 0.3 is 0 Å². The normalized spacial score (nSPS) is 12.3. The van der Waals surface area contributed by atoms with Crippen LogP contribution in [-0.2, 0) is 23.7 Å². The molecule has 0 saturated carbocycles. The van der Waals surface area contributed by atoms with Crippen LogP contribution in [-0.4, -0.2) is 93.9 Å². The van der Waals surface area contributed by atoms with Crippen LogP contribution in [0.5, 0.6) is 0 Å². The molecule has 0 rings (SSSR count). The Morgan fingerprint density at radius 2 is 1.00 bits per heavy atom. The van der Waals surface area contributed by atoms with Gasteiger partial charge < -0.3 is 33.9 Å². The van der Waals surface area contributed by atoms with Gasteiger partial charge in [0.2, 0.25) is 0 Å². The predicted molar refractivity (Wildman–Crippen MR) is 136 cm³/mol. The summed E-state index contributed by atoms with van der Waals surface area (Å²) in [4.78, 5) is 1.13. The van der Waals surface area contributed by atoms with E-state index in [1.807, 2.05) is 6.92 Å². The molecule has 0 aromatic heterocycles. The maximum atomic E-state index is 9.99. The van der Waals surface area contributed by atoms with Gasteiger partial charge in [0.25, 0.3) is 0 Å². The molecule has 0 aliphatic carbocycles. The average Bonchev–Trinajstić information content (AvgIpc) is 2.79. The Bertz CT molecular complexity index is 399. The summed E-state index contributed by atoms with van der Waals surface area (Å²) in [7, 11) is 0. The van der Waals surface area contributed by atoms with Crippen molar-refractivity contribution in [3.8, 4) is 0 Å². The van der Waals surface area contributed by atoms with Crippen molar-refractivity contribution < 1.29 is 33.9 Å². The van der Waals surface area contributed by atoms with Crippen LogP contribution in [0.2, 0.25) is 0 Å². The van der Waals surface area contributed by atoms with E-state index in [0.29, 0.717) is 66.1 Å². The molecule has 0 aromatic carbocycles. The van der Waals surface area contributed by atoms with Crippen molar-refractivity contribution in [1.82, 2.24) is 0 Å². The second-order valence-corrected chi connectivity index (χ2v) is 9.02. The first kappa shape index (κ1) is 32.8. The topological polar surface area (TPSA) is 86.6 Å². The van der Waals surface area contributed by atoms with Crippen molar-refractivity contribution in [2.45, 2.75) is 83.7 Å². The molecular weight excluding hydrogens is 444 g/mol. The van der Waals surface area contributed by atoms with Gasteiger partial charge in [0, 0.05) is 0 Å². The fourth-order valence-electron chi connectivity index (χ4n) is 3.24. The van der Waals surface area contributed by atoms with Crippen LogP contribution in [0.15, 0.2) is 0 Å². The Labute approximate surface area is 207 Å². The van der Waals surface area contributed by atoms with E-state index in [4.69, 9.17) is 41.0 Å². The lowest BCUT2D eigenvalue weighted by Crippen LogP contribution is -2.18. The highest BCUT2D eigenvalue weighted by molar-refractivity contribution is 7.80. The molecule has 2 N–H and O–H groups in total. The minimum atomic E-state index is -0.382. The fourth-order valence-corrected chi connectivity index (χ4v) is 3.38. The van der Waals surface area contributed by atoms with Gasteiger partial charge in [-0.25, -0.2) is 0 Å². The van der Waals surface area contributed by atoms with Crippen LogP contribution in [0, 0.1) is 0 Å². The van der Waals surface area contributed by atoms with E-state index in [2.05, 4.69) is 0 Å². The van der Waals surface area contributed by atoms with E-state index in [1.54, 1.807) is 0 Å². The molecule has 1 unspecified atom stereocenters. The number of unbranched alkanes of at least 4 members (excludes halogenated alkanes) is 8. The summed E-state index contributed by atoms with van der Waals surface area (Å²) in [6.07, 6.45) is 12.9. The number of thiocarbonyl (C=S) groups is 1. The van der Waals surface area contributed by atoms with Crippen LogP contribution < -0.4 is 0 Å². The Balaban J connectivity index is 3.15. The second-order valence-electron chi connectivity index (χ2n) is 8.32. The fraction of sp³-hybridized carbons (Fsp3) is 0.960. The lowest BCUT2D eigenvalue weighted by molar-refractivity contribution is -0.0229. The van der Waals surface area contributed by atoms with E-state index < -0.39 is 0 Å². The number of hydrogen-bond donors (Lipinski definition) is 2. The molecule has 0 amide bonds. The molecule has 0 heterocycles. The number of aliphatic hydroxyl groups is 2. The SMILES string of the molecule is CC(=S)CCCCCCCCCCCC(O)COCCOCCOCCOCCOCCO. The monoisotopic (exact) mass is 494 g/mol. The molecule has 0 saturated heterocycles. The lowest BCUT2D eigenvalue weighted by Gasteiger charge is -2.11. The van der Waals surface area contributed by atoms with Crippen molar-refractivity contribution in [3.05, 3.63) is 0 Å². The summed E-state index contributed by atoms with van der Waals surface area (Å²) in [6, 6.07) is 0. The number of hydrogen-bond acceptors (Lipinski definition) is 8. The zero-order valence-corrected chi connectivity index (χ0v) is 21.8. The molecule has 0 spiro atoms.